The summed E-state index contributed by atoms with van der Waals surface area (Å²) in [5.74, 6) is -1.74. The minimum Gasteiger partial charge on any atom is -0.454 e. The van der Waals surface area contributed by atoms with Crippen LogP contribution in [0.25, 0.3) is 0 Å². The van der Waals surface area contributed by atoms with Crippen molar-refractivity contribution >= 4 is 23.8 Å². The molecule has 34 heavy (non-hydrogen) atoms. The SMILES string of the molecule is Fc1ccccc1/C=N/Nc1nc(Nc2ccc(OC(F)(F)F)cc2)nc(OCC(F)(F)F)n1. The molecule has 1 heterocycles. The highest BCUT2D eigenvalue weighted by atomic mass is 19.4. The van der Waals surface area contributed by atoms with Crippen LogP contribution in [0.15, 0.2) is 53.6 Å². The highest BCUT2D eigenvalue weighted by molar-refractivity contribution is 5.80. The summed E-state index contributed by atoms with van der Waals surface area (Å²) in [6.45, 7) is -1.70. The molecule has 0 saturated carbocycles. The molecule has 0 radical (unpaired) electrons. The van der Waals surface area contributed by atoms with Crippen molar-refractivity contribution < 1.29 is 40.2 Å². The van der Waals surface area contributed by atoms with E-state index in [-0.39, 0.29) is 23.1 Å². The summed E-state index contributed by atoms with van der Waals surface area (Å²) in [5, 5.41) is 6.30. The molecular formula is C19H13F7N6O2. The largest absolute Gasteiger partial charge is 0.573 e. The Morgan fingerprint density at radius 1 is 0.882 bits per heavy atom. The van der Waals surface area contributed by atoms with Crippen LogP contribution in [0, 0.1) is 5.82 Å². The Morgan fingerprint density at radius 2 is 1.56 bits per heavy atom. The van der Waals surface area contributed by atoms with Crippen LogP contribution in [0.3, 0.4) is 0 Å². The average Bonchev–Trinajstić information content (AvgIpc) is 2.74. The first-order chi connectivity index (χ1) is 16.0. The number of hydrogen-bond acceptors (Lipinski definition) is 8. The van der Waals surface area contributed by atoms with Crippen LogP contribution in [0.5, 0.6) is 11.8 Å². The Labute approximate surface area is 186 Å². The molecule has 2 aromatic carbocycles. The molecule has 0 atom stereocenters. The molecule has 8 nitrogen and oxygen atoms in total. The van der Waals surface area contributed by atoms with E-state index in [4.69, 9.17) is 0 Å². The maximum Gasteiger partial charge on any atom is 0.573 e. The van der Waals surface area contributed by atoms with E-state index in [0.29, 0.717) is 0 Å². The predicted molar refractivity (Wildman–Crippen MR) is 105 cm³/mol. The summed E-state index contributed by atoms with van der Waals surface area (Å²) in [7, 11) is 0. The van der Waals surface area contributed by atoms with Gasteiger partial charge in [-0.15, -0.1) is 13.2 Å². The van der Waals surface area contributed by atoms with Gasteiger partial charge in [0.15, 0.2) is 6.61 Å². The third-order valence-electron chi connectivity index (χ3n) is 3.60. The Hall–Kier alpha value is -4.17. The lowest BCUT2D eigenvalue weighted by atomic mass is 10.2. The number of nitrogens with zero attached hydrogens (tertiary/aromatic N) is 4. The van der Waals surface area contributed by atoms with Crippen LogP contribution in [0.2, 0.25) is 0 Å². The van der Waals surface area contributed by atoms with Crippen molar-refractivity contribution in [3.05, 3.63) is 59.9 Å². The van der Waals surface area contributed by atoms with E-state index in [1.807, 2.05) is 0 Å². The van der Waals surface area contributed by atoms with Gasteiger partial charge in [0.25, 0.3) is 5.95 Å². The van der Waals surface area contributed by atoms with Gasteiger partial charge in [0, 0.05) is 11.3 Å². The van der Waals surface area contributed by atoms with Gasteiger partial charge in [-0.05, 0) is 30.3 Å². The van der Waals surface area contributed by atoms with Gasteiger partial charge < -0.3 is 14.8 Å². The second-order valence-electron chi connectivity index (χ2n) is 6.26. The second-order valence-corrected chi connectivity index (χ2v) is 6.26. The van der Waals surface area contributed by atoms with Crippen molar-refractivity contribution in [1.29, 1.82) is 0 Å². The van der Waals surface area contributed by atoms with Crippen LogP contribution in [0.1, 0.15) is 5.56 Å². The lowest BCUT2D eigenvalue weighted by molar-refractivity contribution is -0.274. The molecular weight excluding hydrogens is 477 g/mol. The second kappa shape index (κ2) is 10.2. The fourth-order valence-electron chi connectivity index (χ4n) is 2.28. The van der Waals surface area contributed by atoms with E-state index in [1.54, 1.807) is 6.07 Å². The van der Waals surface area contributed by atoms with E-state index >= 15 is 0 Å². The maximum absolute atomic E-state index is 13.6. The molecule has 180 valence electrons. The lowest BCUT2D eigenvalue weighted by Crippen LogP contribution is -2.20. The number of benzene rings is 2. The van der Waals surface area contributed by atoms with Crippen molar-refractivity contribution in [3.63, 3.8) is 0 Å². The number of hydrazone groups is 1. The molecule has 3 aromatic rings. The third-order valence-corrected chi connectivity index (χ3v) is 3.60. The number of hydrogen-bond donors (Lipinski definition) is 2. The summed E-state index contributed by atoms with van der Waals surface area (Å²) in [4.78, 5) is 11.2. The molecule has 0 saturated heterocycles. The van der Waals surface area contributed by atoms with E-state index in [2.05, 4.69) is 40.3 Å². The monoisotopic (exact) mass is 490 g/mol. The molecule has 0 aliphatic heterocycles. The summed E-state index contributed by atoms with van der Waals surface area (Å²) in [6, 6.07) is 9.28. The van der Waals surface area contributed by atoms with Gasteiger partial charge in [-0.2, -0.15) is 33.2 Å². The Morgan fingerprint density at radius 3 is 2.21 bits per heavy atom. The van der Waals surface area contributed by atoms with Gasteiger partial charge in [-0.1, -0.05) is 18.2 Å². The number of rotatable bonds is 8. The fourth-order valence-corrected chi connectivity index (χ4v) is 2.28. The highest BCUT2D eigenvalue weighted by Crippen LogP contribution is 2.25. The van der Waals surface area contributed by atoms with Crippen molar-refractivity contribution in [2.75, 3.05) is 17.3 Å². The maximum atomic E-state index is 13.6. The zero-order chi connectivity index (χ0) is 24.8. The first kappa shape index (κ1) is 24.5. The summed E-state index contributed by atoms with van der Waals surface area (Å²) < 4.78 is 96.2. The van der Waals surface area contributed by atoms with Crippen LogP contribution < -0.4 is 20.2 Å². The van der Waals surface area contributed by atoms with Crippen LogP contribution >= 0.6 is 0 Å². The number of anilines is 3. The zero-order valence-corrected chi connectivity index (χ0v) is 16.7. The van der Waals surface area contributed by atoms with Crippen molar-refractivity contribution in [2.45, 2.75) is 12.5 Å². The van der Waals surface area contributed by atoms with Gasteiger partial charge in [-0.3, -0.25) is 0 Å². The quantitative estimate of drug-likeness (QED) is 0.260. The Balaban J connectivity index is 1.79. The molecule has 0 bridgehead atoms. The van der Waals surface area contributed by atoms with Gasteiger partial charge in [0.05, 0.1) is 6.21 Å². The zero-order valence-electron chi connectivity index (χ0n) is 16.7. The molecule has 1 aromatic heterocycles. The smallest absolute Gasteiger partial charge is 0.454 e. The topological polar surface area (TPSA) is 93.6 Å². The van der Waals surface area contributed by atoms with Crippen LogP contribution in [-0.4, -0.2) is 40.3 Å². The third kappa shape index (κ3) is 8.07. The summed E-state index contributed by atoms with van der Waals surface area (Å²) >= 11 is 0. The highest BCUT2D eigenvalue weighted by Gasteiger charge is 2.31. The molecule has 0 fully saturated rings. The van der Waals surface area contributed by atoms with Gasteiger partial charge in [0.2, 0.25) is 5.95 Å². The molecule has 15 heteroatoms. The van der Waals surface area contributed by atoms with Gasteiger partial charge in [-0.25, -0.2) is 9.82 Å². The fraction of sp³-hybridized carbons (Fsp3) is 0.158. The van der Waals surface area contributed by atoms with E-state index in [0.717, 1.165) is 18.3 Å². The summed E-state index contributed by atoms with van der Waals surface area (Å²) in [6.07, 6.45) is -8.47. The first-order valence-corrected chi connectivity index (χ1v) is 9.09. The van der Waals surface area contributed by atoms with Crippen LogP contribution in [0.4, 0.5) is 48.3 Å². The minimum absolute atomic E-state index is 0.108. The molecule has 0 spiro atoms. The normalized spacial score (nSPS) is 12.0. The molecule has 0 unspecified atom stereocenters. The van der Waals surface area contributed by atoms with Crippen molar-refractivity contribution in [3.8, 4) is 11.8 Å². The molecule has 0 aliphatic rings. The first-order valence-electron chi connectivity index (χ1n) is 9.09. The van der Waals surface area contributed by atoms with Crippen molar-refractivity contribution in [2.24, 2.45) is 5.10 Å². The minimum atomic E-state index is -4.88. The average molecular weight is 490 g/mol. The Kier molecular flexibility index (Phi) is 7.33. The summed E-state index contributed by atoms with van der Waals surface area (Å²) in [5.41, 5.74) is 2.59. The van der Waals surface area contributed by atoms with E-state index < -0.39 is 36.7 Å². The lowest BCUT2D eigenvalue weighted by Gasteiger charge is -2.12. The standard InChI is InChI=1S/C19H13F7N6O2/c20-14-4-2-1-3-11(14)9-27-32-16-29-15(30-17(31-16)33-10-18(21,22)23)28-12-5-7-13(8-6-12)34-19(24,25)26/h1-9H,10H2,(H2,28,29,30,31,32)/b27-9+. The predicted octanol–water partition coefficient (Wildman–Crippen LogP) is 5.04. The van der Waals surface area contributed by atoms with E-state index in [9.17, 15) is 30.7 Å². The van der Waals surface area contributed by atoms with E-state index in [1.165, 1.54) is 30.3 Å². The number of ether oxygens (including phenoxy) is 2. The Bertz CT molecular complexity index is 1140. The molecule has 0 aliphatic carbocycles. The number of alkyl halides is 6. The molecule has 2 N–H and O–H groups in total. The number of aromatic nitrogens is 3. The number of halogens is 7. The van der Waals surface area contributed by atoms with Gasteiger partial charge >= 0.3 is 18.5 Å². The van der Waals surface area contributed by atoms with Crippen LogP contribution in [-0.2, 0) is 0 Å². The molecule has 3 rings (SSSR count). The molecule has 0 amide bonds. The van der Waals surface area contributed by atoms with Crippen molar-refractivity contribution in [1.82, 2.24) is 15.0 Å². The number of nitrogens with one attached hydrogen (secondary N) is 2. The van der Waals surface area contributed by atoms with Gasteiger partial charge in [0.1, 0.15) is 11.6 Å².